The molecule has 1 amide bonds. The average Bonchev–Trinajstić information content (AvgIpc) is 2.26. The maximum absolute atomic E-state index is 11.9. The lowest BCUT2D eigenvalue weighted by Crippen LogP contribution is -2.44. The van der Waals surface area contributed by atoms with Crippen molar-refractivity contribution in [1.29, 1.82) is 0 Å². The van der Waals surface area contributed by atoms with Crippen LogP contribution in [0.5, 0.6) is 0 Å². The van der Waals surface area contributed by atoms with Crippen LogP contribution in [0.1, 0.15) is 43.4 Å². The molecule has 0 atom stereocenters. The molecule has 0 spiro atoms. The first-order chi connectivity index (χ1) is 8.44. The summed E-state index contributed by atoms with van der Waals surface area (Å²) >= 11 is 0. The van der Waals surface area contributed by atoms with E-state index in [1.807, 2.05) is 21.7 Å². The second-order valence-electron chi connectivity index (χ2n) is 6.29. The van der Waals surface area contributed by atoms with Gasteiger partial charge in [-0.2, -0.15) is 0 Å². The molecule has 0 unspecified atom stereocenters. The topological polar surface area (TPSA) is 29.1 Å². The number of benzene rings is 1. The van der Waals surface area contributed by atoms with E-state index < -0.39 is 0 Å². The monoisotopic (exact) mass is 243 g/mol. The van der Waals surface area contributed by atoms with Crippen molar-refractivity contribution in [3.05, 3.63) is 34.9 Å². The summed E-state index contributed by atoms with van der Waals surface area (Å²) in [6, 6.07) is 6.53. The van der Waals surface area contributed by atoms with E-state index in [-0.39, 0.29) is 11.3 Å². The fourth-order valence-electron chi connectivity index (χ4n) is 2.54. The van der Waals surface area contributed by atoms with Gasteiger partial charge in [-0.05, 0) is 42.4 Å². The fourth-order valence-corrected chi connectivity index (χ4v) is 2.54. The van der Waals surface area contributed by atoms with Crippen LogP contribution in [0.4, 0.5) is 0 Å². The van der Waals surface area contributed by atoms with Gasteiger partial charge in [-0.15, -0.1) is 0 Å². The molecule has 1 aromatic carbocycles. The number of hydrogen-bond donors (Lipinski definition) is 1. The Labute approximate surface area is 111 Å². The Balaban J connectivity index is 2.04. The van der Waals surface area contributed by atoms with Crippen molar-refractivity contribution in [2.75, 3.05) is 0 Å². The van der Waals surface area contributed by atoms with E-state index in [1.54, 1.807) is 0 Å². The molecule has 1 aliphatic carbocycles. The molecule has 1 N–H and O–H groups in total. The normalized spacial score (nSPS) is 15.0. The summed E-state index contributed by atoms with van der Waals surface area (Å²) in [7, 11) is 2.01. The molecule has 96 valence electrons. The van der Waals surface area contributed by atoms with Crippen LogP contribution in [-0.4, -0.2) is 19.2 Å². The number of rotatable bonds is 3. The van der Waals surface area contributed by atoms with Gasteiger partial charge in [0.2, 0.25) is 5.91 Å². The first-order valence-corrected chi connectivity index (χ1v) is 6.86. The van der Waals surface area contributed by atoms with E-state index in [2.05, 4.69) is 23.5 Å². The van der Waals surface area contributed by atoms with E-state index in [0.717, 1.165) is 5.56 Å². The second-order valence-corrected chi connectivity index (χ2v) is 6.29. The number of carbonyl (C=O) groups is 1. The minimum Gasteiger partial charge on any atom is -0.359 e. The van der Waals surface area contributed by atoms with Gasteiger partial charge in [0.05, 0.1) is 6.42 Å². The van der Waals surface area contributed by atoms with E-state index in [1.165, 1.54) is 36.8 Å². The Morgan fingerprint density at radius 2 is 1.94 bits per heavy atom. The molecule has 0 saturated heterocycles. The highest BCUT2D eigenvalue weighted by atomic mass is 16.1. The molecular formula is C15H22BNO. The molecule has 0 heterocycles. The van der Waals surface area contributed by atoms with Crippen molar-refractivity contribution in [2.24, 2.45) is 0 Å². The first kappa shape index (κ1) is 13.2. The lowest BCUT2D eigenvalue weighted by Gasteiger charge is -2.21. The van der Waals surface area contributed by atoms with Crippen LogP contribution < -0.4 is 5.32 Å². The number of nitrogens with one attached hydrogen (secondary N) is 1. The van der Waals surface area contributed by atoms with Crippen LogP contribution in [0.25, 0.3) is 0 Å². The van der Waals surface area contributed by atoms with Gasteiger partial charge in [0.1, 0.15) is 7.85 Å². The van der Waals surface area contributed by atoms with Gasteiger partial charge in [-0.25, -0.2) is 0 Å². The Hall–Kier alpha value is -1.25. The third-order valence-corrected chi connectivity index (χ3v) is 3.29. The molecular weight excluding hydrogens is 221 g/mol. The fraction of sp³-hybridized carbons (Fsp3) is 0.533. The van der Waals surface area contributed by atoms with Gasteiger partial charge in [0, 0.05) is 5.44 Å². The van der Waals surface area contributed by atoms with E-state index in [0.29, 0.717) is 6.42 Å². The molecule has 3 heteroatoms. The highest BCUT2D eigenvalue weighted by Gasteiger charge is 2.15. The SMILES string of the molecule is BC(C)(C)NC(=O)Cc1ccc2c(c1)CCCC2. The predicted octanol–water partition coefficient (Wildman–Crippen LogP) is 1.59. The minimum atomic E-state index is -0.148. The lowest BCUT2D eigenvalue weighted by atomic mass is 9.81. The van der Waals surface area contributed by atoms with Crippen LogP contribution in [-0.2, 0) is 24.1 Å². The van der Waals surface area contributed by atoms with E-state index >= 15 is 0 Å². The molecule has 2 nitrogen and oxygen atoms in total. The number of hydrogen-bond acceptors (Lipinski definition) is 1. The van der Waals surface area contributed by atoms with Gasteiger partial charge in [-0.3, -0.25) is 4.79 Å². The third kappa shape index (κ3) is 3.62. The van der Waals surface area contributed by atoms with Gasteiger partial charge in [0.25, 0.3) is 0 Å². The molecule has 0 saturated carbocycles. The third-order valence-electron chi connectivity index (χ3n) is 3.29. The zero-order chi connectivity index (χ0) is 13.2. The van der Waals surface area contributed by atoms with Crippen LogP contribution in [0.15, 0.2) is 18.2 Å². The summed E-state index contributed by atoms with van der Waals surface area (Å²) in [5.74, 6) is 0.109. The highest BCUT2D eigenvalue weighted by molar-refractivity contribution is 6.16. The zero-order valence-electron chi connectivity index (χ0n) is 11.7. The Morgan fingerprint density at radius 1 is 1.28 bits per heavy atom. The molecule has 0 radical (unpaired) electrons. The van der Waals surface area contributed by atoms with Crippen LogP contribution in [0.3, 0.4) is 0 Å². The summed E-state index contributed by atoms with van der Waals surface area (Å²) in [4.78, 5) is 11.9. The molecule has 18 heavy (non-hydrogen) atoms. The van der Waals surface area contributed by atoms with Crippen molar-refractivity contribution in [3.8, 4) is 0 Å². The molecule has 0 bridgehead atoms. The predicted molar refractivity (Wildman–Crippen MR) is 77.6 cm³/mol. The van der Waals surface area contributed by atoms with Gasteiger partial charge in [-0.1, -0.05) is 32.0 Å². The van der Waals surface area contributed by atoms with Gasteiger partial charge in [0.15, 0.2) is 0 Å². The summed E-state index contributed by atoms with van der Waals surface area (Å²) in [5.41, 5.74) is 3.91. The number of carbonyl (C=O) groups excluding carboxylic acids is 1. The molecule has 2 rings (SSSR count). The highest BCUT2D eigenvalue weighted by Crippen LogP contribution is 2.22. The molecule has 1 aliphatic rings. The van der Waals surface area contributed by atoms with E-state index in [4.69, 9.17) is 0 Å². The Bertz CT molecular complexity index is 448. The molecule has 0 aromatic heterocycles. The van der Waals surface area contributed by atoms with Crippen molar-refractivity contribution in [3.63, 3.8) is 0 Å². The first-order valence-electron chi connectivity index (χ1n) is 6.86. The molecule has 1 aromatic rings. The summed E-state index contributed by atoms with van der Waals surface area (Å²) < 4.78 is 0. The minimum absolute atomic E-state index is 0.109. The van der Waals surface area contributed by atoms with Crippen molar-refractivity contribution < 1.29 is 4.79 Å². The summed E-state index contributed by atoms with van der Waals surface area (Å²) in [6.07, 6.45) is 5.44. The lowest BCUT2D eigenvalue weighted by molar-refractivity contribution is -0.121. The van der Waals surface area contributed by atoms with Crippen LogP contribution >= 0.6 is 0 Å². The number of aryl methyl sites for hydroxylation is 2. The van der Waals surface area contributed by atoms with Crippen molar-refractivity contribution in [1.82, 2.24) is 5.32 Å². The number of amides is 1. The van der Waals surface area contributed by atoms with Crippen LogP contribution in [0, 0.1) is 0 Å². The maximum Gasteiger partial charge on any atom is 0.224 e. The summed E-state index contributed by atoms with van der Waals surface area (Å²) in [5, 5.41) is 3.01. The molecule has 0 fully saturated rings. The van der Waals surface area contributed by atoms with Crippen molar-refractivity contribution in [2.45, 2.75) is 51.4 Å². The van der Waals surface area contributed by atoms with Crippen LogP contribution in [0.2, 0.25) is 0 Å². The standard InChI is InChI=1S/C15H22BNO/c1-15(2,16)17-14(18)10-11-7-8-12-5-3-4-6-13(12)9-11/h7-9H,3-6,10,16H2,1-2H3,(H,17,18). The quantitative estimate of drug-likeness (QED) is 0.802. The Kier molecular flexibility index (Phi) is 3.79. The van der Waals surface area contributed by atoms with Crippen molar-refractivity contribution >= 4 is 13.8 Å². The van der Waals surface area contributed by atoms with Gasteiger partial charge < -0.3 is 5.32 Å². The summed E-state index contributed by atoms with van der Waals surface area (Å²) in [6.45, 7) is 4.02. The largest absolute Gasteiger partial charge is 0.359 e. The zero-order valence-corrected chi connectivity index (χ0v) is 11.7. The smallest absolute Gasteiger partial charge is 0.224 e. The number of fused-ring (bicyclic) bond motifs is 1. The second kappa shape index (κ2) is 5.17. The Morgan fingerprint density at radius 3 is 2.61 bits per heavy atom. The maximum atomic E-state index is 11.9. The average molecular weight is 243 g/mol. The van der Waals surface area contributed by atoms with Gasteiger partial charge >= 0.3 is 0 Å². The molecule has 0 aliphatic heterocycles. The van der Waals surface area contributed by atoms with E-state index in [9.17, 15) is 4.79 Å².